The van der Waals surface area contributed by atoms with Gasteiger partial charge in [0.1, 0.15) is 5.82 Å². The van der Waals surface area contributed by atoms with Crippen LogP contribution in [-0.2, 0) is 6.54 Å². The topological polar surface area (TPSA) is 41.9 Å². The maximum absolute atomic E-state index is 12.9. The third kappa shape index (κ3) is 2.45. The van der Waals surface area contributed by atoms with Gasteiger partial charge in [0.15, 0.2) is 0 Å². The van der Waals surface area contributed by atoms with Gasteiger partial charge >= 0.3 is 0 Å². The van der Waals surface area contributed by atoms with Crippen molar-refractivity contribution < 1.29 is 4.39 Å². The summed E-state index contributed by atoms with van der Waals surface area (Å²) in [5, 5.41) is 8.17. The zero-order valence-corrected chi connectivity index (χ0v) is 9.96. The average Bonchev–Trinajstić information content (AvgIpc) is 2.77. The van der Waals surface area contributed by atoms with Crippen LogP contribution in [0, 0.1) is 5.82 Å². The van der Waals surface area contributed by atoms with Gasteiger partial charge < -0.3 is 4.90 Å². The maximum Gasteiger partial charge on any atom is 0.227 e. The Morgan fingerprint density at radius 2 is 2.31 bits per heavy atom. The summed E-state index contributed by atoms with van der Waals surface area (Å²) in [5.74, 6) is -0.411. The molecule has 84 valence electrons. The number of aromatic nitrogens is 3. The molecule has 0 radical (unpaired) electrons. The van der Waals surface area contributed by atoms with Crippen LogP contribution in [0.5, 0.6) is 0 Å². The van der Waals surface area contributed by atoms with Gasteiger partial charge in [-0.25, -0.2) is 4.39 Å². The second-order valence-electron chi connectivity index (χ2n) is 3.25. The van der Waals surface area contributed by atoms with Crippen molar-refractivity contribution in [2.75, 3.05) is 11.9 Å². The SMILES string of the molecule is CN(Cc1ccc(F)c(Cl)c1)c1nnns1. The molecule has 1 aromatic carbocycles. The largest absolute Gasteiger partial charge is 0.344 e. The standard InChI is InChI=1S/C9H8ClFN4S/c1-15(9-12-13-14-16-9)5-6-2-3-8(11)7(10)4-6/h2-4H,5H2,1H3. The molecular weight excluding hydrogens is 251 g/mol. The molecule has 0 atom stereocenters. The summed E-state index contributed by atoms with van der Waals surface area (Å²) in [4.78, 5) is 1.87. The number of hydrogen-bond donors (Lipinski definition) is 0. The Bertz CT molecular complexity index is 476. The minimum absolute atomic E-state index is 0.126. The summed E-state index contributed by atoms with van der Waals surface area (Å²) in [5.41, 5.74) is 0.907. The number of halogens is 2. The molecule has 0 aliphatic heterocycles. The van der Waals surface area contributed by atoms with Gasteiger partial charge in [-0.1, -0.05) is 27.3 Å². The Labute approximate surface area is 101 Å². The van der Waals surface area contributed by atoms with Crippen molar-refractivity contribution in [1.29, 1.82) is 0 Å². The summed E-state index contributed by atoms with van der Waals surface area (Å²) in [6.07, 6.45) is 0. The highest BCUT2D eigenvalue weighted by Gasteiger charge is 2.07. The molecule has 0 amide bonds. The lowest BCUT2D eigenvalue weighted by atomic mass is 10.2. The van der Waals surface area contributed by atoms with Gasteiger partial charge in [0.25, 0.3) is 0 Å². The molecule has 0 saturated heterocycles. The van der Waals surface area contributed by atoms with E-state index in [2.05, 4.69) is 14.8 Å². The quantitative estimate of drug-likeness (QED) is 0.848. The summed E-state index contributed by atoms with van der Waals surface area (Å²) in [6.45, 7) is 0.580. The Balaban J connectivity index is 2.12. The van der Waals surface area contributed by atoms with Crippen molar-refractivity contribution in [2.45, 2.75) is 6.54 Å². The van der Waals surface area contributed by atoms with Crippen LogP contribution in [0.15, 0.2) is 18.2 Å². The van der Waals surface area contributed by atoms with E-state index in [0.717, 1.165) is 5.56 Å². The minimum Gasteiger partial charge on any atom is -0.344 e. The zero-order chi connectivity index (χ0) is 11.5. The highest BCUT2D eigenvalue weighted by molar-refractivity contribution is 7.09. The summed E-state index contributed by atoms with van der Waals surface area (Å²) < 4.78 is 16.6. The van der Waals surface area contributed by atoms with Crippen molar-refractivity contribution in [1.82, 2.24) is 14.8 Å². The third-order valence-corrected chi connectivity index (χ3v) is 3.02. The van der Waals surface area contributed by atoms with E-state index in [4.69, 9.17) is 11.6 Å². The second-order valence-corrected chi connectivity index (χ2v) is 4.37. The van der Waals surface area contributed by atoms with Gasteiger partial charge in [-0.05, 0) is 22.9 Å². The molecule has 7 heteroatoms. The van der Waals surface area contributed by atoms with Gasteiger partial charge in [0, 0.05) is 25.1 Å². The first kappa shape index (κ1) is 11.2. The predicted molar refractivity (Wildman–Crippen MR) is 61.2 cm³/mol. The Kier molecular flexibility index (Phi) is 3.31. The third-order valence-electron chi connectivity index (χ3n) is 2.02. The first-order valence-electron chi connectivity index (χ1n) is 4.47. The van der Waals surface area contributed by atoms with Crippen molar-refractivity contribution >= 4 is 28.3 Å². The van der Waals surface area contributed by atoms with Crippen molar-refractivity contribution in [3.05, 3.63) is 34.6 Å². The van der Waals surface area contributed by atoms with E-state index in [9.17, 15) is 4.39 Å². The molecule has 0 aliphatic carbocycles. The fourth-order valence-corrected chi connectivity index (χ4v) is 1.88. The highest BCUT2D eigenvalue weighted by Crippen LogP contribution is 2.19. The van der Waals surface area contributed by atoms with E-state index in [1.165, 1.54) is 17.6 Å². The van der Waals surface area contributed by atoms with Crippen LogP contribution in [-0.4, -0.2) is 21.8 Å². The summed E-state index contributed by atoms with van der Waals surface area (Å²) in [6, 6.07) is 4.64. The maximum atomic E-state index is 12.9. The average molecular weight is 259 g/mol. The van der Waals surface area contributed by atoms with Crippen molar-refractivity contribution in [3.8, 4) is 0 Å². The van der Waals surface area contributed by atoms with E-state index >= 15 is 0 Å². The molecule has 0 fully saturated rings. The molecule has 1 aromatic heterocycles. The minimum atomic E-state index is -0.411. The Hall–Kier alpha value is -1.27. The molecule has 2 aromatic rings. The van der Waals surface area contributed by atoms with Crippen LogP contribution >= 0.6 is 23.1 Å². The molecule has 0 bridgehead atoms. The first-order valence-corrected chi connectivity index (χ1v) is 5.62. The molecule has 0 unspecified atom stereocenters. The number of benzene rings is 1. The smallest absolute Gasteiger partial charge is 0.227 e. The lowest BCUT2D eigenvalue weighted by Crippen LogP contribution is -2.16. The van der Waals surface area contributed by atoms with Crippen molar-refractivity contribution in [2.24, 2.45) is 0 Å². The first-order chi connectivity index (χ1) is 7.66. The fraction of sp³-hybridized carbons (Fsp3) is 0.222. The van der Waals surface area contributed by atoms with Gasteiger partial charge in [-0.2, -0.15) is 0 Å². The molecule has 16 heavy (non-hydrogen) atoms. The van der Waals surface area contributed by atoms with E-state index in [1.54, 1.807) is 12.1 Å². The van der Waals surface area contributed by atoms with E-state index in [-0.39, 0.29) is 5.02 Å². The zero-order valence-electron chi connectivity index (χ0n) is 8.39. The lowest BCUT2D eigenvalue weighted by molar-refractivity contribution is 0.627. The van der Waals surface area contributed by atoms with Crippen LogP contribution in [0.2, 0.25) is 5.02 Å². The van der Waals surface area contributed by atoms with E-state index in [0.29, 0.717) is 11.7 Å². The van der Waals surface area contributed by atoms with Gasteiger partial charge in [-0.3, -0.25) is 0 Å². The van der Waals surface area contributed by atoms with E-state index < -0.39 is 5.82 Å². The predicted octanol–water partition coefficient (Wildman–Crippen LogP) is 2.36. The highest BCUT2D eigenvalue weighted by atomic mass is 35.5. The number of anilines is 1. The molecule has 2 rings (SSSR count). The molecular formula is C9H8ClFN4S. The Morgan fingerprint density at radius 3 is 2.94 bits per heavy atom. The molecule has 0 aliphatic rings. The molecule has 0 N–H and O–H groups in total. The lowest BCUT2D eigenvalue weighted by Gasteiger charge is -2.14. The normalized spacial score (nSPS) is 10.4. The molecule has 0 spiro atoms. The summed E-state index contributed by atoms with van der Waals surface area (Å²) >= 11 is 6.90. The van der Waals surface area contributed by atoms with Gasteiger partial charge in [0.2, 0.25) is 5.13 Å². The van der Waals surface area contributed by atoms with Crippen LogP contribution in [0.3, 0.4) is 0 Å². The number of nitrogens with zero attached hydrogens (tertiary/aromatic N) is 4. The van der Waals surface area contributed by atoms with Crippen LogP contribution in [0.1, 0.15) is 5.56 Å². The van der Waals surface area contributed by atoms with Crippen LogP contribution in [0.25, 0.3) is 0 Å². The monoisotopic (exact) mass is 258 g/mol. The van der Waals surface area contributed by atoms with Gasteiger partial charge in [0.05, 0.1) is 5.02 Å². The van der Waals surface area contributed by atoms with E-state index in [1.807, 2.05) is 11.9 Å². The molecule has 4 nitrogen and oxygen atoms in total. The van der Waals surface area contributed by atoms with Crippen molar-refractivity contribution in [3.63, 3.8) is 0 Å². The number of rotatable bonds is 3. The Morgan fingerprint density at radius 1 is 1.50 bits per heavy atom. The van der Waals surface area contributed by atoms with Crippen LogP contribution in [0.4, 0.5) is 9.52 Å². The van der Waals surface area contributed by atoms with Gasteiger partial charge in [-0.15, -0.1) is 0 Å². The number of hydrogen-bond acceptors (Lipinski definition) is 5. The molecule has 1 heterocycles. The second kappa shape index (κ2) is 4.71. The molecule has 0 saturated carbocycles. The van der Waals surface area contributed by atoms with Crippen LogP contribution < -0.4 is 4.90 Å². The fourth-order valence-electron chi connectivity index (χ4n) is 1.26. The summed E-state index contributed by atoms with van der Waals surface area (Å²) in [7, 11) is 1.86.